The molecule has 24 heavy (non-hydrogen) atoms. The molecule has 0 amide bonds. The number of aliphatic hydroxyl groups excluding tert-OH is 1. The zero-order valence-corrected chi connectivity index (χ0v) is 21.0. The van der Waals surface area contributed by atoms with Crippen molar-refractivity contribution < 1.29 is 14.0 Å². The monoisotopic (exact) mass is 438 g/mol. The molecule has 0 aliphatic heterocycles. The molecule has 0 bridgehead atoms. The second-order valence-corrected chi connectivity index (χ2v) is 20.6. The van der Waals surface area contributed by atoms with Gasteiger partial charge in [0.15, 0.2) is 16.6 Å². The van der Waals surface area contributed by atoms with Crippen LogP contribution >= 0.6 is 15.9 Å². The lowest BCUT2D eigenvalue weighted by atomic mass is 10.1. The van der Waals surface area contributed by atoms with Crippen LogP contribution < -0.4 is 0 Å². The Hall–Kier alpha value is 0.794. The fourth-order valence-corrected chi connectivity index (χ4v) is 5.86. The van der Waals surface area contributed by atoms with Crippen molar-refractivity contribution in [1.29, 1.82) is 0 Å². The first-order valence-corrected chi connectivity index (χ1v) is 16.1. The van der Waals surface area contributed by atoms with Crippen LogP contribution in [-0.2, 0) is 8.85 Å². The first-order valence-electron chi connectivity index (χ1n) is 9.13. The molecule has 1 aliphatic rings. The summed E-state index contributed by atoms with van der Waals surface area (Å²) < 4.78 is 13.3. The molecule has 0 aromatic carbocycles. The van der Waals surface area contributed by atoms with E-state index in [0.717, 1.165) is 11.8 Å². The van der Waals surface area contributed by atoms with E-state index in [2.05, 4.69) is 83.7 Å². The van der Waals surface area contributed by atoms with Crippen LogP contribution in [0.15, 0.2) is 0 Å². The average Bonchev–Trinajstić information content (AvgIpc) is 2.63. The molecule has 0 saturated heterocycles. The summed E-state index contributed by atoms with van der Waals surface area (Å²) in [6.07, 6.45) is 0.214. The van der Waals surface area contributed by atoms with Gasteiger partial charge in [0.1, 0.15) is 0 Å². The summed E-state index contributed by atoms with van der Waals surface area (Å²) in [5, 5.41) is 11.9. The fraction of sp³-hybridized carbons (Fsp3) is 1.00. The van der Waals surface area contributed by atoms with E-state index in [0.29, 0.717) is 0 Å². The van der Waals surface area contributed by atoms with Crippen LogP contribution in [0.2, 0.25) is 36.3 Å². The van der Waals surface area contributed by atoms with E-state index < -0.39 is 22.7 Å². The predicted molar refractivity (Wildman–Crippen MR) is 112 cm³/mol. The van der Waals surface area contributed by atoms with E-state index >= 15 is 0 Å². The predicted octanol–water partition coefficient (Wildman–Crippen LogP) is 5.54. The molecule has 4 atom stereocenters. The van der Waals surface area contributed by atoms with Gasteiger partial charge in [0, 0.05) is 5.33 Å². The van der Waals surface area contributed by atoms with Crippen molar-refractivity contribution in [1.82, 2.24) is 0 Å². The maximum Gasteiger partial charge on any atom is 0.192 e. The van der Waals surface area contributed by atoms with Crippen molar-refractivity contribution in [3.63, 3.8) is 0 Å². The van der Waals surface area contributed by atoms with Gasteiger partial charge in [-0.05, 0) is 48.6 Å². The Kier molecular flexibility index (Phi) is 7.07. The summed E-state index contributed by atoms with van der Waals surface area (Å²) in [6.45, 7) is 22.6. The van der Waals surface area contributed by atoms with Gasteiger partial charge in [-0.2, -0.15) is 0 Å². The maximum absolute atomic E-state index is 10.9. The molecule has 1 aliphatic carbocycles. The highest BCUT2D eigenvalue weighted by Gasteiger charge is 2.51. The average molecular weight is 440 g/mol. The van der Waals surface area contributed by atoms with Crippen LogP contribution in [0.1, 0.15) is 48.0 Å². The number of hydrogen-bond donors (Lipinski definition) is 1. The van der Waals surface area contributed by atoms with Crippen LogP contribution in [0.3, 0.4) is 0 Å². The van der Waals surface area contributed by atoms with Crippen LogP contribution in [0.25, 0.3) is 0 Å². The summed E-state index contributed by atoms with van der Waals surface area (Å²) in [5.41, 5.74) is 0. The SMILES string of the molecule is CC(C)(C)[Si](C)(C)O[C@@H]1[C@@H](O)[C@@H](CBr)C[C@H]1O[Si](C)(C)C(C)(C)C. The highest BCUT2D eigenvalue weighted by molar-refractivity contribution is 9.09. The van der Waals surface area contributed by atoms with Crippen molar-refractivity contribution in [3.05, 3.63) is 0 Å². The van der Waals surface area contributed by atoms with E-state index in [4.69, 9.17) is 8.85 Å². The van der Waals surface area contributed by atoms with Gasteiger partial charge >= 0.3 is 0 Å². The zero-order chi connectivity index (χ0) is 19.1. The molecule has 0 aromatic heterocycles. The van der Waals surface area contributed by atoms with Gasteiger partial charge in [0.2, 0.25) is 0 Å². The van der Waals surface area contributed by atoms with E-state index in [1.54, 1.807) is 0 Å². The third kappa shape index (κ3) is 4.94. The molecule has 0 heterocycles. The summed E-state index contributed by atoms with van der Waals surface area (Å²) >= 11 is 3.56. The van der Waals surface area contributed by atoms with E-state index in [9.17, 15) is 5.11 Å². The number of aliphatic hydroxyl groups is 1. The first-order chi connectivity index (χ1) is 10.5. The van der Waals surface area contributed by atoms with Crippen LogP contribution in [0, 0.1) is 5.92 Å². The second-order valence-electron chi connectivity index (χ2n) is 10.4. The van der Waals surface area contributed by atoms with Gasteiger partial charge in [-0.25, -0.2) is 0 Å². The fourth-order valence-electron chi connectivity index (χ4n) is 2.55. The molecule has 1 N–H and O–H groups in total. The molecule has 0 radical (unpaired) electrons. The molecule has 0 aromatic rings. The van der Waals surface area contributed by atoms with Crippen molar-refractivity contribution in [3.8, 4) is 0 Å². The van der Waals surface area contributed by atoms with Crippen molar-refractivity contribution in [2.45, 2.75) is 103 Å². The smallest absolute Gasteiger partial charge is 0.192 e. The van der Waals surface area contributed by atoms with Gasteiger partial charge in [-0.3, -0.25) is 0 Å². The Morgan fingerprint density at radius 1 is 0.917 bits per heavy atom. The largest absolute Gasteiger partial charge is 0.411 e. The second kappa shape index (κ2) is 7.43. The van der Waals surface area contributed by atoms with Gasteiger partial charge in [-0.15, -0.1) is 0 Å². The Morgan fingerprint density at radius 3 is 1.71 bits per heavy atom. The first kappa shape index (κ1) is 22.8. The van der Waals surface area contributed by atoms with Crippen molar-refractivity contribution in [2.75, 3.05) is 5.33 Å². The molecular weight excluding hydrogens is 400 g/mol. The lowest BCUT2D eigenvalue weighted by Crippen LogP contribution is -2.52. The molecule has 6 heteroatoms. The molecular formula is C18H39BrO3Si2. The van der Waals surface area contributed by atoms with E-state index in [1.165, 1.54) is 0 Å². The molecule has 0 spiro atoms. The van der Waals surface area contributed by atoms with E-state index in [-0.39, 0.29) is 28.2 Å². The minimum absolute atomic E-state index is 0.00225. The summed E-state index contributed by atoms with van der Waals surface area (Å²) in [5.74, 6) is 0.203. The molecule has 1 saturated carbocycles. The Morgan fingerprint density at radius 2 is 1.33 bits per heavy atom. The Bertz CT molecular complexity index is 427. The lowest BCUT2D eigenvalue weighted by molar-refractivity contribution is -0.0118. The standard InChI is InChI=1S/C18H39BrO3Si2/c1-17(2,3)23(7,8)21-14-11-13(12-19)15(20)16(14)22-24(9,10)18(4,5)6/h13-16,20H,11-12H2,1-10H3/t13-,14-,15+,16+/m1/s1. The van der Waals surface area contributed by atoms with E-state index in [1.807, 2.05) is 0 Å². The molecule has 144 valence electrons. The molecule has 0 unspecified atom stereocenters. The molecule has 1 fully saturated rings. The van der Waals surface area contributed by atoms with Gasteiger partial charge < -0.3 is 14.0 Å². The van der Waals surface area contributed by atoms with Gasteiger partial charge in [-0.1, -0.05) is 57.5 Å². The number of rotatable bonds is 5. The van der Waals surface area contributed by atoms with Crippen LogP contribution in [-0.4, -0.2) is 45.4 Å². The number of halogens is 1. The van der Waals surface area contributed by atoms with Gasteiger partial charge in [0.05, 0.1) is 18.3 Å². The van der Waals surface area contributed by atoms with Crippen LogP contribution in [0.5, 0.6) is 0 Å². The lowest BCUT2D eigenvalue weighted by Gasteiger charge is -2.43. The number of alkyl halides is 1. The van der Waals surface area contributed by atoms with Crippen LogP contribution in [0.4, 0.5) is 0 Å². The third-order valence-corrected chi connectivity index (χ3v) is 16.2. The summed E-state index contributed by atoms with van der Waals surface area (Å²) in [7, 11) is -3.85. The number of hydrogen-bond acceptors (Lipinski definition) is 3. The summed E-state index contributed by atoms with van der Waals surface area (Å²) in [4.78, 5) is 0. The Labute approximate surface area is 160 Å². The highest BCUT2D eigenvalue weighted by Crippen LogP contribution is 2.44. The molecule has 1 rings (SSSR count). The topological polar surface area (TPSA) is 38.7 Å². The van der Waals surface area contributed by atoms with Crippen molar-refractivity contribution in [2.24, 2.45) is 5.92 Å². The van der Waals surface area contributed by atoms with Gasteiger partial charge in [0.25, 0.3) is 0 Å². The van der Waals surface area contributed by atoms with Crippen molar-refractivity contribution >= 4 is 32.6 Å². The Balaban J connectivity index is 3.05. The third-order valence-electron chi connectivity index (χ3n) is 6.41. The zero-order valence-electron chi connectivity index (χ0n) is 17.4. The molecule has 3 nitrogen and oxygen atoms in total. The minimum Gasteiger partial charge on any atom is -0.411 e. The normalized spacial score (nSPS) is 30.0. The quantitative estimate of drug-likeness (QED) is 0.451. The summed E-state index contributed by atoms with van der Waals surface area (Å²) in [6, 6.07) is 0. The highest BCUT2D eigenvalue weighted by atomic mass is 79.9. The minimum atomic E-state index is -1.96. The maximum atomic E-state index is 10.9.